The molecule has 0 N–H and O–H groups in total. The standard InChI is InChI=1S/C12H18O2/c1-11(13)14-12-9-7-5-3-2-4-6-8-10-12/h3,5-6,8,12H,2,4,7,9-10H2,1H3/b5-3-,8-6-. The molecule has 0 fully saturated rings. The third-order valence-corrected chi connectivity index (χ3v) is 2.22. The lowest BCUT2D eigenvalue weighted by molar-refractivity contribution is -0.146. The molecule has 1 unspecified atom stereocenters. The lowest BCUT2D eigenvalue weighted by Crippen LogP contribution is -2.15. The SMILES string of the molecule is CC(=O)OC1C/C=C\CC/C=C\CC1. The summed E-state index contributed by atoms with van der Waals surface area (Å²) in [6.45, 7) is 1.47. The average Bonchev–Trinajstić information content (AvgIpc) is 2.15. The number of hydrogen-bond donors (Lipinski definition) is 0. The molecule has 0 aliphatic heterocycles. The molecule has 2 nitrogen and oxygen atoms in total. The van der Waals surface area contributed by atoms with Crippen LogP contribution < -0.4 is 0 Å². The minimum absolute atomic E-state index is 0.0616. The van der Waals surface area contributed by atoms with Crippen LogP contribution in [0.15, 0.2) is 24.3 Å². The van der Waals surface area contributed by atoms with Crippen molar-refractivity contribution in [3.8, 4) is 0 Å². The molecule has 0 aromatic heterocycles. The van der Waals surface area contributed by atoms with E-state index in [1.807, 2.05) is 0 Å². The van der Waals surface area contributed by atoms with Gasteiger partial charge < -0.3 is 4.74 Å². The maximum atomic E-state index is 10.8. The number of esters is 1. The monoisotopic (exact) mass is 194 g/mol. The number of allylic oxidation sites excluding steroid dienone is 3. The van der Waals surface area contributed by atoms with Crippen molar-refractivity contribution in [1.29, 1.82) is 0 Å². The van der Waals surface area contributed by atoms with Crippen LogP contribution in [0.4, 0.5) is 0 Å². The molecule has 0 saturated heterocycles. The molecule has 0 radical (unpaired) electrons. The Bertz CT molecular complexity index is 228. The first kappa shape index (κ1) is 11.0. The first-order valence-electron chi connectivity index (χ1n) is 5.26. The smallest absolute Gasteiger partial charge is 0.302 e. The molecule has 1 aliphatic carbocycles. The van der Waals surface area contributed by atoms with Crippen LogP contribution in [0.3, 0.4) is 0 Å². The quantitative estimate of drug-likeness (QED) is 0.474. The van der Waals surface area contributed by atoms with E-state index in [1.165, 1.54) is 6.92 Å². The largest absolute Gasteiger partial charge is 0.462 e. The maximum Gasteiger partial charge on any atom is 0.302 e. The molecule has 1 rings (SSSR count). The zero-order valence-electron chi connectivity index (χ0n) is 8.74. The van der Waals surface area contributed by atoms with Gasteiger partial charge in [-0.2, -0.15) is 0 Å². The van der Waals surface area contributed by atoms with Gasteiger partial charge in [-0.15, -0.1) is 0 Å². The van der Waals surface area contributed by atoms with Gasteiger partial charge in [0.1, 0.15) is 6.10 Å². The summed E-state index contributed by atoms with van der Waals surface area (Å²) in [5.41, 5.74) is 0. The van der Waals surface area contributed by atoms with Crippen molar-refractivity contribution in [3.63, 3.8) is 0 Å². The lowest BCUT2D eigenvalue weighted by Gasteiger charge is -2.14. The van der Waals surface area contributed by atoms with Crippen molar-refractivity contribution in [2.75, 3.05) is 0 Å². The van der Waals surface area contributed by atoms with Gasteiger partial charge >= 0.3 is 5.97 Å². The van der Waals surface area contributed by atoms with Gasteiger partial charge in [-0.25, -0.2) is 0 Å². The molecular formula is C12H18O2. The predicted molar refractivity (Wildman–Crippen MR) is 56.9 cm³/mol. The molecule has 0 saturated carbocycles. The molecule has 1 atom stereocenters. The predicted octanol–water partition coefficient (Wildman–Crippen LogP) is 2.99. The summed E-state index contributed by atoms with van der Waals surface area (Å²) in [6, 6.07) is 0. The summed E-state index contributed by atoms with van der Waals surface area (Å²) >= 11 is 0. The van der Waals surface area contributed by atoms with Gasteiger partial charge in [0, 0.05) is 13.3 Å². The molecule has 78 valence electrons. The Kier molecular flexibility index (Phi) is 5.05. The van der Waals surface area contributed by atoms with Crippen LogP contribution in [0.2, 0.25) is 0 Å². The third kappa shape index (κ3) is 4.85. The van der Waals surface area contributed by atoms with E-state index < -0.39 is 0 Å². The number of carbonyl (C=O) groups is 1. The van der Waals surface area contributed by atoms with Gasteiger partial charge in [0.25, 0.3) is 0 Å². The molecule has 0 amide bonds. The Labute approximate surface area is 85.6 Å². The molecule has 0 aromatic rings. The number of ether oxygens (including phenoxy) is 1. The molecule has 0 spiro atoms. The van der Waals surface area contributed by atoms with Crippen molar-refractivity contribution < 1.29 is 9.53 Å². The zero-order chi connectivity index (χ0) is 10.2. The molecule has 2 heteroatoms. The highest BCUT2D eigenvalue weighted by Crippen LogP contribution is 2.11. The van der Waals surface area contributed by atoms with Gasteiger partial charge in [0.15, 0.2) is 0 Å². The van der Waals surface area contributed by atoms with E-state index in [2.05, 4.69) is 24.3 Å². The highest BCUT2D eigenvalue weighted by molar-refractivity contribution is 5.66. The highest BCUT2D eigenvalue weighted by Gasteiger charge is 2.09. The van der Waals surface area contributed by atoms with Crippen molar-refractivity contribution in [3.05, 3.63) is 24.3 Å². The summed E-state index contributed by atoms with van der Waals surface area (Å²) in [6.07, 6.45) is 13.7. The van der Waals surface area contributed by atoms with Crippen LogP contribution in [-0.2, 0) is 9.53 Å². The van der Waals surface area contributed by atoms with Crippen LogP contribution in [0.25, 0.3) is 0 Å². The van der Waals surface area contributed by atoms with E-state index in [1.54, 1.807) is 0 Å². The second-order valence-electron chi connectivity index (χ2n) is 3.56. The molecule has 0 heterocycles. The van der Waals surface area contributed by atoms with E-state index in [4.69, 9.17) is 4.74 Å². The first-order chi connectivity index (χ1) is 6.79. The fraction of sp³-hybridized carbons (Fsp3) is 0.583. The Morgan fingerprint density at radius 2 is 1.79 bits per heavy atom. The Morgan fingerprint density at radius 3 is 2.50 bits per heavy atom. The maximum absolute atomic E-state index is 10.8. The molecule has 0 bridgehead atoms. The number of rotatable bonds is 1. The van der Waals surface area contributed by atoms with Crippen LogP contribution in [0.1, 0.15) is 39.0 Å². The minimum atomic E-state index is -0.176. The highest BCUT2D eigenvalue weighted by atomic mass is 16.5. The molecule has 1 aliphatic rings. The fourth-order valence-electron chi connectivity index (χ4n) is 1.54. The minimum Gasteiger partial charge on any atom is -0.462 e. The second-order valence-corrected chi connectivity index (χ2v) is 3.56. The fourth-order valence-corrected chi connectivity index (χ4v) is 1.54. The van der Waals surface area contributed by atoms with E-state index >= 15 is 0 Å². The topological polar surface area (TPSA) is 26.3 Å². The van der Waals surface area contributed by atoms with E-state index in [0.29, 0.717) is 0 Å². The van der Waals surface area contributed by atoms with Gasteiger partial charge in [0.05, 0.1) is 0 Å². The van der Waals surface area contributed by atoms with Gasteiger partial charge in [0.2, 0.25) is 0 Å². The average molecular weight is 194 g/mol. The van der Waals surface area contributed by atoms with Crippen LogP contribution in [0, 0.1) is 0 Å². The van der Waals surface area contributed by atoms with Crippen LogP contribution in [-0.4, -0.2) is 12.1 Å². The zero-order valence-corrected chi connectivity index (χ0v) is 8.74. The first-order valence-corrected chi connectivity index (χ1v) is 5.26. The van der Waals surface area contributed by atoms with Gasteiger partial charge in [-0.1, -0.05) is 24.3 Å². The summed E-state index contributed by atoms with van der Waals surface area (Å²) in [5.74, 6) is -0.176. The Hall–Kier alpha value is -1.05. The van der Waals surface area contributed by atoms with E-state index in [9.17, 15) is 4.79 Å². The summed E-state index contributed by atoms with van der Waals surface area (Å²) in [7, 11) is 0. The van der Waals surface area contributed by atoms with Crippen molar-refractivity contribution in [2.45, 2.75) is 45.1 Å². The van der Waals surface area contributed by atoms with Crippen LogP contribution in [0.5, 0.6) is 0 Å². The Balaban J connectivity index is 2.42. The van der Waals surface area contributed by atoms with Crippen molar-refractivity contribution in [1.82, 2.24) is 0 Å². The van der Waals surface area contributed by atoms with Crippen molar-refractivity contribution in [2.24, 2.45) is 0 Å². The van der Waals surface area contributed by atoms with E-state index in [-0.39, 0.29) is 12.1 Å². The molecule has 14 heavy (non-hydrogen) atoms. The number of hydrogen-bond acceptors (Lipinski definition) is 2. The van der Waals surface area contributed by atoms with Gasteiger partial charge in [-0.3, -0.25) is 4.79 Å². The lowest BCUT2D eigenvalue weighted by atomic mass is 10.1. The van der Waals surface area contributed by atoms with E-state index in [0.717, 1.165) is 32.1 Å². The van der Waals surface area contributed by atoms with Crippen LogP contribution >= 0.6 is 0 Å². The third-order valence-electron chi connectivity index (χ3n) is 2.22. The molecular weight excluding hydrogens is 176 g/mol. The van der Waals surface area contributed by atoms with Crippen molar-refractivity contribution >= 4 is 5.97 Å². The summed E-state index contributed by atoms with van der Waals surface area (Å²) in [5, 5.41) is 0. The summed E-state index contributed by atoms with van der Waals surface area (Å²) < 4.78 is 5.20. The van der Waals surface area contributed by atoms with Gasteiger partial charge in [-0.05, 0) is 25.7 Å². The Morgan fingerprint density at radius 1 is 1.14 bits per heavy atom. The summed E-state index contributed by atoms with van der Waals surface area (Å²) in [4.78, 5) is 10.8. The second kappa shape index (κ2) is 6.41. The molecule has 0 aromatic carbocycles. The normalized spacial score (nSPS) is 27.6. The number of carbonyl (C=O) groups excluding carboxylic acids is 1.